The number of hydrogen-bond acceptors (Lipinski definition) is 5. The van der Waals surface area contributed by atoms with Crippen molar-refractivity contribution in [2.75, 3.05) is 6.61 Å². The second-order valence-electron chi connectivity index (χ2n) is 4.36. The molecule has 1 N–H and O–H groups in total. The first-order valence-electron chi connectivity index (χ1n) is 6.44. The molecule has 0 aliphatic heterocycles. The number of benzene rings is 1. The zero-order valence-electron chi connectivity index (χ0n) is 11.3. The Labute approximate surface area is 124 Å². The molecule has 21 heavy (non-hydrogen) atoms. The van der Waals surface area contributed by atoms with E-state index >= 15 is 0 Å². The summed E-state index contributed by atoms with van der Waals surface area (Å²) in [6.45, 7) is 1.88. The molecule has 1 aromatic carbocycles. The van der Waals surface area contributed by atoms with Crippen LogP contribution in [0.4, 0.5) is 0 Å². The lowest BCUT2D eigenvalue weighted by Gasteiger charge is -2.04. The molecule has 0 saturated carbocycles. The number of carbonyl (C=O) groups is 1. The number of fused-ring (bicyclic) bond motifs is 1. The van der Waals surface area contributed by atoms with E-state index < -0.39 is 11.4 Å². The van der Waals surface area contributed by atoms with Crippen molar-refractivity contribution in [2.24, 2.45) is 0 Å². The Kier molecular flexibility index (Phi) is 3.53. The van der Waals surface area contributed by atoms with E-state index in [1.165, 1.54) is 0 Å². The number of nitrogens with one attached hydrogen (secondary N) is 1. The maximum atomic E-state index is 12.4. The van der Waals surface area contributed by atoms with Crippen LogP contribution < -0.4 is 5.43 Å². The summed E-state index contributed by atoms with van der Waals surface area (Å²) >= 11 is 1.59. The lowest BCUT2D eigenvalue weighted by Crippen LogP contribution is -2.20. The first kappa shape index (κ1) is 13.5. The molecule has 0 bridgehead atoms. The van der Waals surface area contributed by atoms with Crippen LogP contribution in [0.5, 0.6) is 0 Å². The van der Waals surface area contributed by atoms with E-state index in [1.54, 1.807) is 30.4 Å². The molecule has 3 rings (SSSR count). The van der Waals surface area contributed by atoms with Crippen molar-refractivity contribution in [3.05, 3.63) is 51.6 Å². The Morgan fingerprint density at radius 3 is 2.95 bits per heavy atom. The van der Waals surface area contributed by atoms with Crippen molar-refractivity contribution in [3.63, 3.8) is 0 Å². The summed E-state index contributed by atoms with van der Waals surface area (Å²) < 4.78 is 4.84. The molecule has 0 spiro atoms. The van der Waals surface area contributed by atoms with Gasteiger partial charge in [0, 0.05) is 4.88 Å². The number of thiophene rings is 1. The van der Waals surface area contributed by atoms with Gasteiger partial charge in [-0.25, -0.2) is 4.79 Å². The summed E-state index contributed by atoms with van der Waals surface area (Å²) in [5.41, 5.74) is 0.894. The van der Waals surface area contributed by atoms with Crippen LogP contribution in [0.2, 0.25) is 0 Å². The predicted molar refractivity (Wildman–Crippen MR) is 81.6 cm³/mol. The van der Waals surface area contributed by atoms with Crippen LogP contribution in [0.3, 0.4) is 0 Å². The highest BCUT2D eigenvalue weighted by molar-refractivity contribution is 7.13. The number of ether oxygens (including phenoxy) is 1. The summed E-state index contributed by atoms with van der Waals surface area (Å²) in [6, 6.07) is 9.40. The SMILES string of the molecule is CCOC(=O)c1n[nH]c2ccc(-c3cccs3)cc2c1=O. The smallest absolute Gasteiger partial charge is 0.362 e. The van der Waals surface area contributed by atoms with E-state index in [4.69, 9.17) is 4.74 Å². The number of hydrogen-bond donors (Lipinski definition) is 1. The first-order valence-corrected chi connectivity index (χ1v) is 7.32. The van der Waals surface area contributed by atoms with Crippen LogP contribution in [-0.4, -0.2) is 22.8 Å². The predicted octanol–water partition coefficient (Wildman–Crippen LogP) is 2.83. The van der Waals surface area contributed by atoms with Crippen molar-refractivity contribution in [1.29, 1.82) is 0 Å². The Morgan fingerprint density at radius 1 is 1.38 bits per heavy atom. The third-order valence-corrected chi connectivity index (χ3v) is 3.96. The van der Waals surface area contributed by atoms with E-state index in [9.17, 15) is 9.59 Å². The van der Waals surface area contributed by atoms with E-state index in [0.29, 0.717) is 10.9 Å². The number of aromatic amines is 1. The van der Waals surface area contributed by atoms with Crippen molar-refractivity contribution >= 4 is 28.2 Å². The van der Waals surface area contributed by atoms with Crippen molar-refractivity contribution < 1.29 is 9.53 Å². The molecule has 0 fully saturated rings. The van der Waals surface area contributed by atoms with Crippen LogP contribution >= 0.6 is 11.3 Å². The summed E-state index contributed by atoms with van der Waals surface area (Å²) in [4.78, 5) is 25.2. The quantitative estimate of drug-likeness (QED) is 0.755. The average molecular weight is 300 g/mol. The van der Waals surface area contributed by atoms with Crippen LogP contribution in [-0.2, 0) is 4.74 Å². The fourth-order valence-electron chi connectivity index (χ4n) is 2.06. The highest BCUT2D eigenvalue weighted by Gasteiger charge is 2.16. The Balaban J connectivity index is 2.17. The van der Waals surface area contributed by atoms with Gasteiger partial charge in [0.1, 0.15) is 0 Å². The lowest BCUT2D eigenvalue weighted by atomic mass is 10.1. The van der Waals surface area contributed by atoms with Gasteiger partial charge in [-0.05, 0) is 36.1 Å². The van der Waals surface area contributed by atoms with Crippen molar-refractivity contribution in [1.82, 2.24) is 10.2 Å². The molecule has 106 valence electrons. The maximum Gasteiger partial charge on any atom is 0.362 e. The summed E-state index contributed by atoms with van der Waals surface area (Å²) in [5.74, 6) is -0.706. The highest BCUT2D eigenvalue weighted by Crippen LogP contribution is 2.26. The van der Waals surface area contributed by atoms with Gasteiger partial charge in [0.05, 0.1) is 17.5 Å². The van der Waals surface area contributed by atoms with Gasteiger partial charge in [-0.2, -0.15) is 5.10 Å². The fourth-order valence-corrected chi connectivity index (χ4v) is 2.78. The van der Waals surface area contributed by atoms with Crippen LogP contribution in [0, 0.1) is 0 Å². The number of carbonyl (C=O) groups excluding carboxylic acids is 1. The summed E-state index contributed by atoms with van der Waals surface area (Å²) in [7, 11) is 0. The Bertz CT molecular complexity index is 853. The second kappa shape index (κ2) is 5.49. The van der Waals surface area contributed by atoms with Crippen LogP contribution in [0.15, 0.2) is 40.5 Å². The number of H-pyrrole nitrogens is 1. The van der Waals surface area contributed by atoms with Crippen molar-refractivity contribution in [3.8, 4) is 10.4 Å². The molecule has 0 radical (unpaired) electrons. The molecular formula is C15H12N2O3S. The Morgan fingerprint density at radius 2 is 2.24 bits per heavy atom. The first-order chi connectivity index (χ1) is 10.2. The molecule has 2 aromatic heterocycles. The molecule has 3 aromatic rings. The average Bonchev–Trinajstić information content (AvgIpc) is 3.02. The molecule has 0 amide bonds. The molecule has 0 aliphatic carbocycles. The monoisotopic (exact) mass is 300 g/mol. The van der Waals surface area contributed by atoms with Gasteiger partial charge in [0.15, 0.2) is 0 Å². The molecule has 6 heteroatoms. The number of nitrogens with zero attached hydrogens (tertiary/aromatic N) is 1. The lowest BCUT2D eigenvalue weighted by molar-refractivity contribution is 0.0517. The maximum absolute atomic E-state index is 12.4. The Hall–Kier alpha value is -2.47. The second-order valence-corrected chi connectivity index (χ2v) is 5.31. The van der Waals surface area contributed by atoms with Gasteiger partial charge in [0.25, 0.3) is 0 Å². The van der Waals surface area contributed by atoms with E-state index in [2.05, 4.69) is 10.2 Å². The molecule has 0 aliphatic rings. The minimum absolute atomic E-state index is 0.202. The minimum Gasteiger partial charge on any atom is -0.461 e. The van der Waals surface area contributed by atoms with Crippen molar-refractivity contribution in [2.45, 2.75) is 6.92 Å². The topological polar surface area (TPSA) is 72.0 Å². The largest absolute Gasteiger partial charge is 0.461 e. The molecule has 2 heterocycles. The highest BCUT2D eigenvalue weighted by atomic mass is 32.1. The number of aromatic nitrogens is 2. The van der Waals surface area contributed by atoms with Gasteiger partial charge in [-0.1, -0.05) is 12.1 Å². The fraction of sp³-hybridized carbons (Fsp3) is 0.133. The van der Waals surface area contributed by atoms with Gasteiger partial charge in [0.2, 0.25) is 11.1 Å². The number of esters is 1. The van der Waals surface area contributed by atoms with Gasteiger partial charge >= 0.3 is 5.97 Å². The zero-order valence-corrected chi connectivity index (χ0v) is 12.1. The third-order valence-electron chi connectivity index (χ3n) is 3.04. The minimum atomic E-state index is -0.706. The molecule has 0 atom stereocenters. The van der Waals surface area contributed by atoms with Crippen LogP contribution in [0.1, 0.15) is 17.4 Å². The molecule has 0 saturated heterocycles. The molecule has 0 unspecified atom stereocenters. The van der Waals surface area contributed by atoms with Gasteiger partial charge < -0.3 is 4.74 Å². The molecular weight excluding hydrogens is 288 g/mol. The van der Waals surface area contributed by atoms with Crippen LogP contribution in [0.25, 0.3) is 21.3 Å². The third kappa shape index (κ3) is 2.45. The zero-order chi connectivity index (χ0) is 14.8. The van der Waals surface area contributed by atoms with Gasteiger partial charge in [-0.3, -0.25) is 9.89 Å². The van der Waals surface area contributed by atoms with Gasteiger partial charge in [-0.15, -0.1) is 11.3 Å². The standard InChI is InChI=1S/C15H12N2O3S/c1-2-20-15(19)13-14(18)10-8-9(12-4-3-7-21-12)5-6-11(10)16-17-13/h3-8H,2H2,1H3,(H,16,18). The summed E-state index contributed by atoms with van der Waals surface area (Å²) in [6.07, 6.45) is 0. The molecule has 5 nitrogen and oxygen atoms in total. The number of rotatable bonds is 3. The van der Waals surface area contributed by atoms with E-state index in [1.807, 2.05) is 23.6 Å². The van der Waals surface area contributed by atoms with E-state index in [-0.39, 0.29) is 12.3 Å². The normalized spacial score (nSPS) is 10.7. The summed E-state index contributed by atoms with van der Waals surface area (Å²) in [5, 5.41) is 8.93. The van der Waals surface area contributed by atoms with E-state index in [0.717, 1.165) is 10.4 Å².